The summed E-state index contributed by atoms with van der Waals surface area (Å²) in [5.41, 5.74) is 5.78. The van der Waals surface area contributed by atoms with Gasteiger partial charge in [-0.2, -0.15) is 0 Å². The van der Waals surface area contributed by atoms with E-state index in [9.17, 15) is 0 Å². The van der Waals surface area contributed by atoms with Crippen molar-refractivity contribution in [1.29, 1.82) is 0 Å². The van der Waals surface area contributed by atoms with E-state index in [1.165, 1.54) is 27.6 Å². The molecule has 0 spiro atoms. The van der Waals surface area contributed by atoms with Crippen molar-refractivity contribution in [1.82, 2.24) is 0 Å². The summed E-state index contributed by atoms with van der Waals surface area (Å²) in [6, 6.07) is 17.5. The molecule has 2 rings (SSSR count). The molecule has 0 nitrogen and oxygen atoms in total. The van der Waals surface area contributed by atoms with Crippen LogP contribution in [0.4, 0.5) is 0 Å². The fourth-order valence-electron chi connectivity index (χ4n) is 4.87. The van der Waals surface area contributed by atoms with E-state index in [2.05, 4.69) is 112 Å². The molecule has 0 aromatic heterocycles. The first-order valence-electron chi connectivity index (χ1n) is 11.1. The molecule has 0 bridgehead atoms. The summed E-state index contributed by atoms with van der Waals surface area (Å²) in [4.78, 5) is 1.18. The van der Waals surface area contributed by atoms with Crippen molar-refractivity contribution in [2.45, 2.75) is 102 Å². The molecule has 0 aliphatic carbocycles. The summed E-state index contributed by atoms with van der Waals surface area (Å²) in [7, 11) is -1.77. The minimum absolute atomic E-state index is 0.0831. The van der Waals surface area contributed by atoms with Gasteiger partial charge in [-0.15, -0.1) is 12.6 Å². The number of hydrogen-bond acceptors (Lipinski definition) is 1. The van der Waals surface area contributed by atoms with Gasteiger partial charge in [0.2, 0.25) is 0 Å². The molecule has 0 heterocycles. The van der Waals surface area contributed by atoms with Crippen LogP contribution in [-0.2, 0) is 16.9 Å². The van der Waals surface area contributed by atoms with Crippen LogP contribution in [0.3, 0.4) is 0 Å². The molecule has 2 aromatic carbocycles. The van der Waals surface area contributed by atoms with E-state index in [-0.39, 0.29) is 10.8 Å². The van der Waals surface area contributed by atoms with Gasteiger partial charge in [0, 0.05) is 4.90 Å². The smallest absolute Gasteiger partial charge is 0.0960 e. The molecule has 160 valence electrons. The Morgan fingerprint density at radius 3 is 1.52 bits per heavy atom. The summed E-state index contributed by atoms with van der Waals surface area (Å²) < 4.78 is 0. The van der Waals surface area contributed by atoms with E-state index in [4.69, 9.17) is 12.6 Å². The Hall–Kier alpha value is -0.993. The molecule has 0 fully saturated rings. The van der Waals surface area contributed by atoms with Gasteiger partial charge >= 0.3 is 0 Å². The van der Waals surface area contributed by atoms with E-state index in [1.54, 1.807) is 5.19 Å². The molecule has 2 heteroatoms. The van der Waals surface area contributed by atoms with Crippen molar-refractivity contribution < 1.29 is 0 Å². The Balaban J connectivity index is 2.75. The molecule has 0 amide bonds. The largest absolute Gasteiger partial charge is 0.143 e. The van der Waals surface area contributed by atoms with E-state index in [1.807, 2.05) is 0 Å². The standard InChI is InChI=1S/C27H42SSi/c1-19(2)29(20(3)4,22-14-12-11-13-15-22)18-21-16-23(26(5,6)7)25(28)24(17-21)27(8,9)10/h11-17,19-20,28H,18H2,1-10H3. The average Bonchev–Trinajstić information content (AvgIpc) is 2.58. The zero-order valence-electron chi connectivity index (χ0n) is 20.4. The van der Waals surface area contributed by atoms with Gasteiger partial charge in [0.25, 0.3) is 0 Å². The summed E-state index contributed by atoms with van der Waals surface area (Å²) in [6.07, 6.45) is 0. The molecule has 29 heavy (non-hydrogen) atoms. The Labute approximate surface area is 186 Å². The molecule has 2 aromatic rings. The van der Waals surface area contributed by atoms with Crippen LogP contribution in [-0.4, -0.2) is 8.07 Å². The molecule has 0 aliphatic rings. The van der Waals surface area contributed by atoms with E-state index < -0.39 is 8.07 Å². The third kappa shape index (κ3) is 5.02. The van der Waals surface area contributed by atoms with Gasteiger partial charge in [0.15, 0.2) is 0 Å². The van der Waals surface area contributed by atoms with Crippen LogP contribution in [0.1, 0.15) is 85.9 Å². The minimum atomic E-state index is -1.77. The first-order valence-corrected chi connectivity index (χ1v) is 13.9. The van der Waals surface area contributed by atoms with E-state index >= 15 is 0 Å². The number of benzene rings is 2. The van der Waals surface area contributed by atoms with Crippen LogP contribution < -0.4 is 5.19 Å². The normalized spacial score (nSPS) is 13.4. The monoisotopic (exact) mass is 426 g/mol. The third-order valence-electron chi connectivity index (χ3n) is 6.65. The van der Waals surface area contributed by atoms with Gasteiger partial charge in [0.05, 0.1) is 8.07 Å². The molecule has 0 atom stereocenters. The zero-order chi connectivity index (χ0) is 22.2. The van der Waals surface area contributed by atoms with Gasteiger partial charge in [0.1, 0.15) is 0 Å². The number of hydrogen-bond donors (Lipinski definition) is 1. The molecule has 0 saturated carbocycles. The third-order valence-corrected chi connectivity index (χ3v) is 13.7. The summed E-state index contributed by atoms with van der Waals surface area (Å²) in [6.45, 7) is 23.6. The van der Waals surface area contributed by atoms with E-state index in [0.29, 0.717) is 11.1 Å². The first-order chi connectivity index (χ1) is 13.2. The van der Waals surface area contributed by atoms with Gasteiger partial charge in [-0.25, -0.2) is 0 Å². The Kier molecular flexibility index (Phi) is 7.22. The summed E-state index contributed by atoms with van der Waals surface area (Å²) in [5.74, 6) is 0. The maximum Gasteiger partial charge on any atom is 0.0960 e. The molecule has 0 unspecified atom stereocenters. The van der Waals surface area contributed by atoms with Crippen molar-refractivity contribution in [3.05, 3.63) is 59.2 Å². The Morgan fingerprint density at radius 1 is 0.759 bits per heavy atom. The lowest BCUT2D eigenvalue weighted by Crippen LogP contribution is -2.55. The number of rotatable bonds is 5. The van der Waals surface area contributed by atoms with Crippen LogP contribution in [0, 0.1) is 0 Å². The second-order valence-corrected chi connectivity index (χ2v) is 17.2. The lowest BCUT2D eigenvalue weighted by Gasteiger charge is -2.41. The van der Waals surface area contributed by atoms with Crippen molar-refractivity contribution in [3.63, 3.8) is 0 Å². The van der Waals surface area contributed by atoms with Gasteiger partial charge in [-0.05, 0) is 44.6 Å². The Morgan fingerprint density at radius 2 is 1.17 bits per heavy atom. The molecule has 0 saturated heterocycles. The predicted molar refractivity (Wildman–Crippen MR) is 137 cm³/mol. The minimum Gasteiger partial charge on any atom is -0.143 e. The molecule has 0 aliphatic heterocycles. The van der Waals surface area contributed by atoms with Gasteiger partial charge < -0.3 is 0 Å². The fraction of sp³-hybridized carbons (Fsp3) is 0.556. The summed E-state index contributed by atoms with van der Waals surface area (Å²) >= 11 is 5.02. The van der Waals surface area contributed by atoms with Gasteiger partial charge in [-0.3, -0.25) is 0 Å². The lowest BCUT2D eigenvalue weighted by atomic mass is 9.79. The Bertz CT molecular complexity index is 777. The maximum absolute atomic E-state index is 5.02. The predicted octanol–water partition coefficient (Wildman–Crippen LogP) is 7.83. The average molecular weight is 427 g/mol. The number of thiol groups is 1. The van der Waals surface area contributed by atoms with Crippen LogP contribution in [0.15, 0.2) is 47.4 Å². The molecular weight excluding hydrogens is 384 g/mol. The highest BCUT2D eigenvalue weighted by atomic mass is 32.1. The molecule has 0 radical (unpaired) electrons. The fourth-order valence-corrected chi connectivity index (χ4v) is 11.0. The SMILES string of the molecule is CC(C)[Si](Cc1cc(C(C)(C)C)c(S)c(C(C)(C)C)c1)(c1ccccc1)C(C)C. The second kappa shape index (κ2) is 8.63. The summed E-state index contributed by atoms with van der Waals surface area (Å²) in [5, 5.41) is 1.59. The highest BCUT2D eigenvalue weighted by Gasteiger charge is 2.42. The lowest BCUT2D eigenvalue weighted by molar-refractivity contribution is 0.545. The van der Waals surface area contributed by atoms with Crippen LogP contribution in [0.25, 0.3) is 0 Å². The van der Waals surface area contributed by atoms with Crippen molar-refractivity contribution in [2.75, 3.05) is 0 Å². The maximum atomic E-state index is 5.02. The molecule has 0 N–H and O–H groups in total. The quantitative estimate of drug-likeness (QED) is 0.365. The highest BCUT2D eigenvalue weighted by Crippen LogP contribution is 2.40. The van der Waals surface area contributed by atoms with E-state index in [0.717, 1.165) is 0 Å². The zero-order valence-corrected chi connectivity index (χ0v) is 22.2. The topological polar surface area (TPSA) is 0 Å². The highest BCUT2D eigenvalue weighted by molar-refractivity contribution is 7.80. The second-order valence-electron chi connectivity index (χ2n) is 11.4. The van der Waals surface area contributed by atoms with Crippen LogP contribution in [0.2, 0.25) is 11.1 Å². The first kappa shape index (κ1) is 24.3. The molecular formula is C27H42SSi. The van der Waals surface area contributed by atoms with Crippen LogP contribution >= 0.6 is 12.6 Å². The van der Waals surface area contributed by atoms with Gasteiger partial charge in [-0.1, -0.05) is 117 Å². The van der Waals surface area contributed by atoms with Crippen molar-refractivity contribution >= 4 is 25.9 Å². The van der Waals surface area contributed by atoms with Crippen molar-refractivity contribution in [2.24, 2.45) is 0 Å². The van der Waals surface area contributed by atoms with Crippen LogP contribution in [0.5, 0.6) is 0 Å². The van der Waals surface area contributed by atoms with Crippen molar-refractivity contribution in [3.8, 4) is 0 Å².